The SMILES string of the molecule is C=C(/C=C(\C=C(\C)C(C)CC)C(=O)CC)c1cnn(C)c1CCCCCC.C=C(CCC)Nc1ccc(N2CCNC3(CC3)C2)cc1C.CC. The maximum atomic E-state index is 12.5. The van der Waals surface area contributed by atoms with Gasteiger partial charge in [-0.3, -0.25) is 9.48 Å². The fraction of sp³-hybridized carbons (Fsp3) is 0.591. The summed E-state index contributed by atoms with van der Waals surface area (Å²) < 4.78 is 1.95. The van der Waals surface area contributed by atoms with Gasteiger partial charge in [-0.25, -0.2) is 0 Å². The number of piperazine rings is 1. The Morgan fingerprint density at radius 1 is 1.08 bits per heavy atom. The smallest absolute Gasteiger partial charge is 0.162 e. The molecule has 278 valence electrons. The van der Waals surface area contributed by atoms with E-state index in [-0.39, 0.29) is 5.78 Å². The number of nitrogens with one attached hydrogen (secondary N) is 2. The molecule has 1 spiro atoms. The van der Waals surface area contributed by atoms with E-state index in [2.05, 4.69) is 93.5 Å². The van der Waals surface area contributed by atoms with Crippen LogP contribution in [0.5, 0.6) is 0 Å². The maximum Gasteiger partial charge on any atom is 0.162 e. The summed E-state index contributed by atoms with van der Waals surface area (Å²) >= 11 is 0. The number of hydrogen-bond acceptors (Lipinski definition) is 5. The minimum absolute atomic E-state index is 0.159. The van der Waals surface area contributed by atoms with Crippen molar-refractivity contribution in [1.82, 2.24) is 15.1 Å². The number of rotatable bonds is 17. The molecule has 0 radical (unpaired) electrons. The summed E-state index contributed by atoms with van der Waals surface area (Å²) in [6, 6.07) is 6.76. The van der Waals surface area contributed by atoms with Crippen molar-refractivity contribution in [3.8, 4) is 0 Å². The summed E-state index contributed by atoms with van der Waals surface area (Å²) in [4.78, 5) is 15.0. The largest absolute Gasteiger partial charge is 0.368 e. The van der Waals surface area contributed by atoms with Crippen LogP contribution in [0.4, 0.5) is 11.4 Å². The number of allylic oxidation sites excluding steroid dienone is 6. The molecule has 2 aromatic rings. The number of carbonyl (C=O) groups is 1. The zero-order valence-corrected chi connectivity index (χ0v) is 33.6. The third-order valence-corrected chi connectivity index (χ3v) is 10.1. The molecular weight excluding hydrogens is 615 g/mol. The Bertz CT molecular complexity index is 1440. The molecular formula is C44H71N5O. The Labute approximate surface area is 306 Å². The van der Waals surface area contributed by atoms with Gasteiger partial charge in [-0.2, -0.15) is 5.10 Å². The second-order valence-electron chi connectivity index (χ2n) is 14.1. The van der Waals surface area contributed by atoms with Crippen LogP contribution in [0.2, 0.25) is 0 Å². The molecule has 1 aromatic carbocycles. The van der Waals surface area contributed by atoms with Gasteiger partial charge in [0.05, 0.1) is 6.20 Å². The highest BCUT2D eigenvalue weighted by molar-refractivity contribution is 6.00. The van der Waals surface area contributed by atoms with Gasteiger partial charge >= 0.3 is 0 Å². The van der Waals surface area contributed by atoms with Gasteiger partial charge in [-0.05, 0) is 93.7 Å². The molecule has 1 unspecified atom stereocenters. The summed E-state index contributed by atoms with van der Waals surface area (Å²) in [6.07, 6.45) is 18.2. The minimum Gasteiger partial charge on any atom is -0.368 e. The molecule has 2 aliphatic rings. The van der Waals surface area contributed by atoms with Crippen molar-refractivity contribution in [3.05, 3.63) is 83.4 Å². The van der Waals surface area contributed by atoms with Crippen LogP contribution in [0.25, 0.3) is 5.57 Å². The molecule has 0 amide bonds. The number of anilines is 2. The Hall–Kier alpha value is -3.38. The fourth-order valence-electron chi connectivity index (χ4n) is 6.33. The van der Waals surface area contributed by atoms with Gasteiger partial charge in [0.25, 0.3) is 0 Å². The molecule has 2 N–H and O–H groups in total. The molecule has 6 heteroatoms. The molecule has 50 heavy (non-hydrogen) atoms. The summed E-state index contributed by atoms with van der Waals surface area (Å²) in [6.45, 7) is 30.7. The van der Waals surface area contributed by atoms with E-state index in [1.165, 1.54) is 60.3 Å². The van der Waals surface area contributed by atoms with E-state index >= 15 is 0 Å². The number of nitrogens with zero attached hydrogens (tertiary/aromatic N) is 3. The van der Waals surface area contributed by atoms with Crippen LogP contribution in [-0.4, -0.2) is 40.7 Å². The number of carbonyl (C=O) groups excluding carboxylic acids is 1. The number of aromatic nitrogens is 2. The Morgan fingerprint density at radius 2 is 1.80 bits per heavy atom. The molecule has 2 heterocycles. The van der Waals surface area contributed by atoms with Crippen LogP contribution in [0.1, 0.15) is 136 Å². The Kier molecular flexibility index (Phi) is 18.6. The van der Waals surface area contributed by atoms with E-state index in [9.17, 15) is 4.79 Å². The molecule has 1 atom stereocenters. The molecule has 2 fully saturated rings. The first-order valence-corrected chi connectivity index (χ1v) is 19.7. The average molecular weight is 686 g/mol. The molecule has 4 rings (SSSR count). The number of Topliss-reactive ketones (excluding diaryl/α,β-unsaturated/α-hetero) is 1. The van der Waals surface area contributed by atoms with Gasteiger partial charge < -0.3 is 15.5 Å². The van der Waals surface area contributed by atoms with E-state index in [0.29, 0.717) is 17.9 Å². The predicted molar refractivity (Wildman–Crippen MR) is 219 cm³/mol. The minimum atomic E-state index is 0.159. The van der Waals surface area contributed by atoms with E-state index in [0.717, 1.165) is 74.1 Å². The molecule has 1 aliphatic carbocycles. The van der Waals surface area contributed by atoms with Gasteiger partial charge in [0.1, 0.15) is 0 Å². The van der Waals surface area contributed by atoms with E-state index in [4.69, 9.17) is 0 Å². The van der Waals surface area contributed by atoms with Crippen molar-refractivity contribution >= 4 is 22.7 Å². The van der Waals surface area contributed by atoms with Crippen LogP contribution in [-0.2, 0) is 18.3 Å². The molecule has 1 aliphatic heterocycles. The van der Waals surface area contributed by atoms with Crippen molar-refractivity contribution in [3.63, 3.8) is 0 Å². The zero-order chi connectivity index (χ0) is 37.3. The number of hydrogen-bond donors (Lipinski definition) is 2. The lowest BCUT2D eigenvalue weighted by Crippen LogP contribution is -2.52. The van der Waals surface area contributed by atoms with Crippen LogP contribution < -0.4 is 15.5 Å². The van der Waals surface area contributed by atoms with Gasteiger partial charge in [0.2, 0.25) is 0 Å². The maximum absolute atomic E-state index is 12.5. The molecule has 1 saturated heterocycles. The van der Waals surface area contributed by atoms with Crippen LogP contribution in [0.15, 0.2) is 66.5 Å². The van der Waals surface area contributed by atoms with Crippen LogP contribution in [0.3, 0.4) is 0 Å². The summed E-state index contributed by atoms with van der Waals surface area (Å²) in [5, 5.41) is 11.6. The first-order valence-electron chi connectivity index (χ1n) is 19.7. The van der Waals surface area contributed by atoms with Crippen LogP contribution in [0, 0.1) is 12.8 Å². The van der Waals surface area contributed by atoms with Crippen molar-refractivity contribution in [2.45, 2.75) is 138 Å². The van der Waals surface area contributed by atoms with Gasteiger partial charge in [-0.15, -0.1) is 0 Å². The molecule has 6 nitrogen and oxygen atoms in total. The van der Waals surface area contributed by atoms with Gasteiger partial charge in [-0.1, -0.05) is 99.0 Å². The van der Waals surface area contributed by atoms with Crippen molar-refractivity contribution in [1.29, 1.82) is 0 Å². The fourth-order valence-corrected chi connectivity index (χ4v) is 6.33. The lowest BCUT2D eigenvalue weighted by Gasteiger charge is -2.36. The normalized spacial score (nSPS) is 15.8. The lowest BCUT2D eigenvalue weighted by molar-refractivity contribution is -0.115. The Morgan fingerprint density at radius 3 is 2.40 bits per heavy atom. The van der Waals surface area contributed by atoms with E-state index in [1.54, 1.807) is 0 Å². The van der Waals surface area contributed by atoms with Gasteiger partial charge in [0.15, 0.2) is 5.78 Å². The highest BCUT2D eigenvalue weighted by Crippen LogP contribution is 2.39. The topological polar surface area (TPSA) is 62.2 Å². The quantitative estimate of drug-likeness (QED) is 0.0986. The van der Waals surface area contributed by atoms with Crippen molar-refractivity contribution < 1.29 is 4.79 Å². The number of ketones is 1. The van der Waals surface area contributed by atoms with Crippen molar-refractivity contribution in [2.24, 2.45) is 13.0 Å². The Balaban J connectivity index is 0.000000338. The third kappa shape index (κ3) is 13.1. The highest BCUT2D eigenvalue weighted by atomic mass is 16.1. The molecule has 1 saturated carbocycles. The number of aryl methyl sites for hydroxylation is 2. The first-order chi connectivity index (χ1) is 24.0. The van der Waals surface area contributed by atoms with Gasteiger partial charge in [0, 0.05) is 72.5 Å². The predicted octanol–water partition coefficient (Wildman–Crippen LogP) is 11.1. The van der Waals surface area contributed by atoms with E-state index in [1.807, 2.05) is 50.8 Å². The summed E-state index contributed by atoms with van der Waals surface area (Å²) in [7, 11) is 1.99. The number of unbranched alkanes of at least 4 members (excludes halogenated alkanes) is 3. The number of benzene rings is 1. The van der Waals surface area contributed by atoms with E-state index < -0.39 is 0 Å². The zero-order valence-electron chi connectivity index (χ0n) is 33.6. The third-order valence-electron chi connectivity index (χ3n) is 10.1. The highest BCUT2D eigenvalue weighted by Gasteiger charge is 2.45. The molecule has 1 aromatic heterocycles. The first kappa shape index (κ1) is 42.8. The summed E-state index contributed by atoms with van der Waals surface area (Å²) in [5.41, 5.74) is 10.5. The summed E-state index contributed by atoms with van der Waals surface area (Å²) in [5.74, 6) is 0.631. The second-order valence-corrected chi connectivity index (χ2v) is 14.1. The van der Waals surface area contributed by atoms with Crippen molar-refractivity contribution in [2.75, 3.05) is 29.9 Å². The molecule has 0 bridgehead atoms. The second kappa shape index (κ2) is 21.8. The standard InChI is InChI=1S/C24H38N2O.C18H27N3.C2H6/c1-8-11-12-13-14-23-22(17-25-26(23)7)20(6)16-21(24(27)10-3)15-19(5)18(4)9-2;1-4-5-15(3)20-17-7-6-16(12-14(17)2)21-11-10-19-18(13-21)8-9-18;1-2/h15-18H,6,8-14H2,1-5,7H3;6-7,12,19-20H,3-5,8-11,13H2,1-2H3;1-2H3/b19-15-,21-16+;;. The van der Waals surface area contributed by atoms with Crippen LogP contribution >= 0.6 is 0 Å². The average Bonchev–Trinajstić information content (AvgIpc) is 3.75. The lowest BCUT2D eigenvalue weighted by atomic mass is 9.94. The monoisotopic (exact) mass is 686 g/mol.